The average molecular weight is 477 g/mol. The molecule has 0 radical (unpaired) electrons. The van der Waals surface area contributed by atoms with Crippen molar-refractivity contribution in [1.29, 1.82) is 0 Å². The minimum atomic E-state index is -3.59. The highest BCUT2D eigenvalue weighted by atomic mass is 35.5. The zero-order chi connectivity index (χ0) is 22.6. The van der Waals surface area contributed by atoms with E-state index in [9.17, 15) is 13.2 Å². The van der Waals surface area contributed by atoms with Crippen LogP contribution in [0.4, 0.5) is 0 Å². The van der Waals surface area contributed by atoms with E-state index in [4.69, 9.17) is 20.9 Å². The topological polar surface area (TPSA) is 115 Å². The fraction of sp³-hybridized carbons (Fsp3) is 0.286. The van der Waals surface area contributed by atoms with Crippen LogP contribution in [0.15, 0.2) is 57.9 Å². The third-order valence-corrected chi connectivity index (χ3v) is 7.12. The van der Waals surface area contributed by atoms with Crippen molar-refractivity contribution < 1.29 is 22.5 Å². The van der Waals surface area contributed by atoms with E-state index in [-0.39, 0.29) is 16.6 Å². The van der Waals surface area contributed by atoms with Crippen molar-refractivity contribution in [1.82, 2.24) is 19.8 Å². The molecule has 0 atom stereocenters. The molecular formula is C21H21ClN4O5S. The van der Waals surface area contributed by atoms with Crippen LogP contribution in [-0.4, -0.2) is 61.6 Å². The maximum absolute atomic E-state index is 12.7. The molecule has 168 valence electrons. The average Bonchev–Trinajstić information content (AvgIpc) is 3.31. The smallest absolute Gasteiger partial charge is 0.316 e. The molecule has 0 unspecified atom stereocenters. The van der Waals surface area contributed by atoms with Crippen molar-refractivity contribution in [2.45, 2.75) is 11.3 Å². The van der Waals surface area contributed by atoms with Gasteiger partial charge in [0.15, 0.2) is 0 Å². The third-order valence-electron chi connectivity index (χ3n) is 4.95. The summed E-state index contributed by atoms with van der Waals surface area (Å²) < 4.78 is 37.1. The maximum atomic E-state index is 12.7. The first-order valence-corrected chi connectivity index (χ1v) is 11.8. The van der Waals surface area contributed by atoms with Gasteiger partial charge in [0.25, 0.3) is 0 Å². The van der Waals surface area contributed by atoms with Gasteiger partial charge >= 0.3 is 11.8 Å². The summed E-state index contributed by atoms with van der Waals surface area (Å²) in [7, 11) is -3.59. The molecule has 0 aliphatic carbocycles. The van der Waals surface area contributed by atoms with Gasteiger partial charge < -0.3 is 14.6 Å². The van der Waals surface area contributed by atoms with Gasteiger partial charge in [-0.2, -0.15) is 9.29 Å². The predicted molar refractivity (Wildman–Crippen MR) is 117 cm³/mol. The molecule has 1 fully saturated rings. The fourth-order valence-corrected chi connectivity index (χ4v) is 4.73. The fourth-order valence-electron chi connectivity index (χ4n) is 3.19. The Kier molecular flexibility index (Phi) is 6.85. The van der Waals surface area contributed by atoms with E-state index in [2.05, 4.69) is 15.5 Å². The SMILES string of the molecule is O=C(NCCc1ccc(Cl)cc1)c1nc(-c2ccc(S(=O)(=O)N3CCOCC3)cc2)no1. The molecule has 4 rings (SSSR count). The van der Waals surface area contributed by atoms with E-state index in [1.807, 2.05) is 12.1 Å². The Bertz CT molecular complexity index is 1170. The Morgan fingerprint density at radius 3 is 2.44 bits per heavy atom. The Morgan fingerprint density at radius 1 is 1.06 bits per heavy atom. The van der Waals surface area contributed by atoms with Crippen molar-refractivity contribution in [2.75, 3.05) is 32.8 Å². The minimum absolute atomic E-state index is 0.166. The summed E-state index contributed by atoms with van der Waals surface area (Å²) in [5, 5.41) is 7.21. The zero-order valence-corrected chi connectivity index (χ0v) is 18.6. The van der Waals surface area contributed by atoms with E-state index in [1.165, 1.54) is 16.4 Å². The number of ether oxygens (including phenoxy) is 1. The molecule has 1 aliphatic rings. The highest BCUT2D eigenvalue weighted by Crippen LogP contribution is 2.22. The number of morpholine rings is 1. The van der Waals surface area contributed by atoms with Gasteiger partial charge in [0, 0.05) is 30.2 Å². The van der Waals surface area contributed by atoms with Crippen LogP contribution in [0.1, 0.15) is 16.2 Å². The van der Waals surface area contributed by atoms with Crippen LogP contribution in [0.3, 0.4) is 0 Å². The molecule has 11 heteroatoms. The Morgan fingerprint density at radius 2 is 1.75 bits per heavy atom. The number of halogens is 1. The highest BCUT2D eigenvalue weighted by Gasteiger charge is 2.26. The maximum Gasteiger partial charge on any atom is 0.316 e. The lowest BCUT2D eigenvalue weighted by Gasteiger charge is -2.26. The van der Waals surface area contributed by atoms with E-state index in [0.29, 0.717) is 49.9 Å². The van der Waals surface area contributed by atoms with Crippen LogP contribution in [-0.2, 0) is 21.2 Å². The number of aromatic nitrogens is 2. The van der Waals surface area contributed by atoms with Gasteiger partial charge in [-0.1, -0.05) is 28.9 Å². The quantitative estimate of drug-likeness (QED) is 0.556. The summed E-state index contributed by atoms with van der Waals surface area (Å²) in [5.41, 5.74) is 1.57. The Balaban J connectivity index is 1.37. The lowest BCUT2D eigenvalue weighted by atomic mass is 10.1. The molecule has 1 saturated heterocycles. The summed E-state index contributed by atoms with van der Waals surface area (Å²) in [5.74, 6) is -0.450. The van der Waals surface area contributed by atoms with Gasteiger partial charge in [0.1, 0.15) is 0 Å². The van der Waals surface area contributed by atoms with Crippen LogP contribution in [0.5, 0.6) is 0 Å². The normalized spacial score (nSPS) is 14.9. The van der Waals surface area contributed by atoms with Gasteiger partial charge in [0.2, 0.25) is 15.8 Å². The van der Waals surface area contributed by atoms with Crippen molar-refractivity contribution in [3.05, 3.63) is 65.0 Å². The number of carbonyl (C=O) groups excluding carboxylic acids is 1. The molecule has 0 bridgehead atoms. The largest absolute Gasteiger partial charge is 0.379 e. The number of rotatable bonds is 7. The van der Waals surface area contributed by atoms with Crippen LogP contribution >= 0.6 is 11.6 Å². The third kappa shape index (κ3) is 5.16. The molecule has 32 heavy (non-hydrogen) atoms. The number of amides is 1. The van der Waals surface area contributed by atoms with Gasteiger partial charge in [-0.15, -0.1) is 0 Å². The van der Waals surface area contributed by atoms with Crippen molar-refractivity contribution in [3.8, 4) is 11.4 Å². The Hall–Kier alpha value is -2.79. The number of hydrogen-bond donors (Lipinski definition) is 1. The van der Waals surface area contributed by atoms with Gasteiger partial charge in [-0.3, -0.25) is 4.79 Å². The van der Waals surface area contributed by atoms with E-state index in [1.54, 1.807) is 24.3 Å². The van der Waals surface area contributed by atoms with Crippen molar-refractivity contribution in [3.63, 3.8) is 0 Å². The van der Waals surface area contributed by atoms with E-state index in [0.717, 1.165) is 5.56 Å². The number of nitrogens with one attached hydrogen (secondary N) is 1. The monoisotopic (exact) mass is 476 g/mol. The number of carbonyl (C=O) groups is 1. The van der Waals surface area contributed by atoms with Gasteiger partial charge in [-0.05, 0) is 48.4 Å². The van der Waals surface area contributed by atoms with E-state index >= 15 is 0 Å². The lowest BCUT2D eigenvalue weighted by molar-refractivity contribution is 0.0730. The van der Waals surface area contributed by atoms with Crippen molar-refractivity contribution >= 4 is 27.5 Å². The number of nitrogens with zero attached hydrogens (tertiary/aromatic N) is 3. The number of hydrogen-bond acceptors (Lipinski definition) is 7. The molecule has 3 aromatic rings. The molecule has 1 aliphatic heterocycles. The molecule has 1 aromatic heterocycles. The molecule has 2 heterocycles. The minimum Gasteiger partial charge on any atom is -0.379 e. The summed E-state index contributed by atoms with van der Waals surface area (Å²) >= 11 is 5.86. The first kappa shape index (κ1) is 22.4. The summed E-state index contributed by atoms with van der Waals surface area (Å²) in [6, 6.07) is 13.5. The Labute approximate surface area is 190 Å². The number of sulfonamides is 1. The predicted octanol–water partition coefficient (Wildman–Crippen LogP) is 2.38. The first-order valence-electron chi connectivity index (χ1n) is 9.98. The van der Waals surface area contributed by atoms with E-state index < -0.39 is 15.9 Å². The molecule has 2 aromatic carbocycles. The highest BCUT2D eigenvalue weighted by molar-refractivity contribution is 7.89. The van der Waals surface area contributed by atoms with Gasteiger partial charge in [-0.25, -0.2) is 8.42 Å². The summed E-state index contributed by atoms with van der Waals surface area (Å²) in [6.07, 6.45) is 0.628. The lowest BCUT2D eigenvalue weighted by Crippen LogP contribution is -2.40. The zero-order valence-electron chi connectivity index (χ0n) is 17.0. The molecule has 9 nitrogen and oxygen atoms in total. The second-order valence-corrected chi connectivity index (χ2v) is 9.47. The molecule has 1 amide bonds. The molecular weight excluding hydrogens is 456 g/mol. The van der Waals surface area contributed by atoms with Crippen LogP contribution < -0.4 is 5.32 Å². The standard InChI is InChI=1S/C21H21ClN4O5S/c22-17-5-1-15(2-6-17)9-10-23-20(27)21-24-19(25-31-21)16-3-7-18(8-4-16)32(28,29)26-11-13-30-14-12-26/h1-8H,9-14H2,(H,23,27). The number of benzene rings is 2. The second kappa shape index (κ2) is 9.78. The van der Waals surface area contributed by atoms with Crippen LogP contribution in [0, 0.1) is 0 Å². The molecule has 1 N–H and O–H groups in total. The molecule has 0 spiro atoms. The summed E-state index contributed by atoms with van der Waals surface area (Å²) in [6.45, 7) is 1.80. The first-order chi connectivity index (χ1) is 15.4. The second-order valence-electron chi connectivity index (χ2n) is 7.10. The summed E-state index contributed by atoms with van der Waals surface area (Å²) in [4.78, 5) is 16.6. The van der Waals surface area contributed by atoms with Crippen molar-refractivity contribution in [2.24, 2.45) is 0 Å². The van der Waals surface area contributed by atoms with Gasteiger partial charge in [0.05, 0.1) is 18.1 Å². The molecule has 0 saturated carbocycles. The van der Waals surface area contributed by atoms with Crippen LogP contribution in [0.2, 0.25) is 5.02 Å². The van der Waals surface area contributed by atoms with Crippen LogP contribution in [0.25, 0.3) is 11.4 Å².